The number of thiophene rings is 2. The third-order valence-corrected chi connectivity index (χ3v) is 16.9. The van der Waals surface area contributed by atoms with Gasteiger partial charge in [-0.3, -0.25) is 29.8 Å². The van der Waals surface area contributed by atoms with Crippen molar-refractivity contribution < 1.29 is 37.5 Å². The number of hydrogen-bond donors (Lipinski definition) is 2. The van der Waals surface area contributed by atoms with Crippen LogP contribution in [0.5, 0.6) is 11.5 Å². The molecule has 20 heteroatoms. The third kappa shape index (κ3) is 8.13. The quantitative estimate of drug-likeness (QED) is 0.0979. The molecule has 2 spiro atoms. The van der Waals surface area contributed by atoms with Gasteiger partial charge >= 0.3 is 0 Å². The number of fused-ring (bicyclic) bond motifs is 2. The average molecular weight is 1010 g/mol. The van der Waals surface area contributed by atoms with Crippen LogP contribution in [0.25, 0.3) is 43.3 Å². The van der Waals surface area contributed by atoms with Crippen LogP contribution in [0.1, 0.15) is 70.0 Å². The number of amides is 4. The summed E-state index contributed by atoms with van der Waals surface area (Å²) in [6.07, 6.45) is 15.7. The number of likely N-dealkylation sites (tertiary alicyclic amines) is 2. The molecular formula is C52H48N10O8S2. The number of rotatable bonds is 14. The lowest BCUT2D eigenvalue weighted by molar-refractivity contribution is -0.126. The first kappa shape index (κ1) is 45.3. The summed E-state index contributed by atoms with van der Waals surface area (Å²) in [5, 5.41) is 6.17. The maximum absolute atomic E-state index is 13.8. The molecule has 2 aliphatic heterocycles. The van der Waals surface area contributed by atoms with Crippen molar-refractivity contribution in [2.24, 2.45) is 10.8 Å². The number of carbonyl (C=O) groups excluding carboxylic acids is 4. The van der Waals surface area contributed by atoms with Crippen molar-refractivity contribution in [2.45, 2.75) is 50.6 Å². The predicted molar refractivity (Wildman–Crippen MR) is 270 cm³/mol. The maximum Gasteiger partial charge on any atom is 0.268 e. The third-order valence-electron chi connectivity index (χ3n) is 14.7. The van der Waals surface area contributed by atoms with E-state index in [4.69, 9.17) is 28.3 Å². The number of hydrogen-bond acceptors (Lipinski definition) is 14. The van der Waals surface area contributed by atoms with Crippen LogP contribution in [0.2, 0.25) is 0 Å². The lowest BCUT2D eigenvalue weighted by Crippen LogP contribution is -2.42. The zero-order valence-corrected chi connectivity index (χ0v) is 40.7. The summed E-state index contributed by atoms with van der Waals surface area (Å²) in [4.78, 5) is 77.8. The Labute approximate surface area is 420 Å². The molecule has 2 saturated carbocycles. The lowest BCUT2D eigenvalue weighted by atomic mass is 9.64. The molecule has 18 nitrogen and oxygen atoms in total. The Morgan fingerprint density at radius 2 is 1.24 bits per heavy atom. The molecule has 2 N–H and O–H groups in total. The number of aromatic nitrogens is 6. The van der Waals surface area contributed by atoms with Crippen LogP contribution in [0.3, 0.4) is 0 Å². The van der Waals surface area contributed by atoms with Gasteiger partial charge in [0.1, 0.15) is 29.1 Å². The topological polar surface area (TPSA) is 205 Å². The summed E-state index contributed by atoms with van der Waals surface area (Å²) in [5.74, 6) is 2.44. The SMILES string of the molecule is C=CC(=O)N1CCC2(CC(n3c(NC(=O)c4ccc(-c5cnco5)s4)nc4c(OC/C=C\C(=O)N5CCC6(CC(n7c(NC(=O)c8ccc(-c9cnco9)s8)nc8c(OC)cccc87)C6)C5)cccc43)C2)C1. The van der Waals surface area contributed by atoms with Gasteiger partial charge in [-0.1, -0.05) is 18.7 Å². The van der Waals surface area contributed by atoms with E-state index in [-0.39, 0.29) is 53.1 Å². The molecule has 6 aromatic heterocycles. The number of para-hydroxylation sites is 2. The lowest BCUT2D eigenvalue weighted by Gasteiger charge is -2.46. The monoisotopic (exact) mass is 1000 g/mol. The standard InChI is InChI=1S/C52H48N10O8S2/c1-3-43(63)59-18-16-51(27-59)21-32(22-51)62-34-8-5-10-36(46(34)56-50(62)58-48(66)42-15-13-40(72-42)38-26-54-30-70-38)68-20-6-11-44(64)60-19-17-52(28-60)23-31(24-52)61-33-7-4-9-35(67-2)45(33)55-49(61)57-47(65)41-14-12-39(71-41)37-25-53-29-69-37/h3-15,25-26,29-32H,1,16-24,27-28H2,2H3,(H,55,57,65)(H,56,58,66)/b11-6-. The average Bonchev–Trinajstić information content (AvgIpc) is 4.22. The van der Waals surface area contributed by atoms with Gasteiger partial charge in [-0.25, -0.2) is 19.9 Å². The minimum atomic E-state index is -0.303. The van der Waals surface area contributed by atoms with Crippen molar-refractivity contribution in [3.63, 3.8) is 0 Å². The molecule has 8 heterocycles. The van der Waals surface area contributed by atoms with Crippen LogP contribution in [0.4, 0.5) is 11.9 Å². The molecule has 2 aliphatic carbocycles. The summed E-state index contributed by atoms with van der Waals surface area (Å²) >= 11 is 2.61. The minimum Gasteiger partial charge on any atom is -0.494 e. The first-order valence-corrected chi connectivity index (χ1v) is 25.4. The van der Waals surface area contributed by atoms with Gasteiger partial charge < -0.3 is 37.2 Å². The molecule has 8 aromatic rings. The Kier molecular flexibility index (Phi) is 11.4. The van der Waals surface area contributed by atoms with Crippen molar-refractivity contribution in [3.05, 3.63) is 120 Å². The summed E-state index contributed by atoms with van der Waals surface area (Å²) in [7, 11) is 1.61. The van der Waals surface area contributed by atoms with Gasteiger partial charge in [-0.05, 0) is 110 Å². The van der Waals surface area contributed by atoms with Crippen molar-refractivity contribution >= 4 is 80.3 Å². The second kappa shape index (κ2) is 18.1. The Morgan fingerprint density at radius 1 is 0.722 bits per heavy atom. The molecule has 366 valence electrons. The Bertz CT molecular complexity index is 3430. The fourth-order valence-corrected chi connectivity index (χ4v) is 13.0. The Balaban J connectivity index is 0.714. The van der Waals surface area contributed by atoms with Gasteiger partial charge in [0.25, 0.3) is 11.8 Å². The second-order valence-electron chi connectivity index (χ2n) is 19.1. The van der Waals surface area contributed by atoms with Gasteiger partial charge in [-0.15, -0.1) is 22.7 Å². The maximum atomic E-state index is 13.8. The van der Waals surface area contributed by atoms with Gasteiger partial charge in [-0.2, -0.15) is 0 Å². The van der Waals surface area contributed by atoms with E-state index < -0.39 is 0 Å². The first-order valence-electron chi connectivity index (χ1n) is 23.7. The summed E-state index contributed by atoms with van der Waals surface area (Å²) in [6, 6.07) is 18.8. The smallest absolute Gasteiger partial charge is 0.268 e. The number of carbonyl (C=O) groups is 4. The number of nitrogens with one attached hydrogen (secondary N) is 2. The van der Waals surface area contributed by atoms with E-state index in [2.05, 4.69) is 36.3 Å². The fourth-order valence-electron chi connectivity index (χ4n) is 11.2. The van der Waals surface area contributed by atoms with Crippen LogP contribution in [-0.4, -0.2) is 102 Å². The zero-order valence-electron chi connectivity index (χ0n) is 39.1. The number of benzene rings is 2. The summed E-state index contributed by atoms with van der Waals surface area (Å²) in [5.41, 5.74) is 2.86. The largest absolute Gasteiger partial charge is 0.494 e. The van der Waals surface area contributed by atoms with E-state index in [1.54, 1.807) is 43.8 Å². The molecule has 72 heavy (non-hydrogen) atoms. The molecule has 2 aromatic carbocycles. The first-order chi connectivity index (χ1) is 35.1. The molecule has 4 amide bonds. The van der Waals surface area contributed by atoms with E-state index in [0.29, 0.717) is 81.9 Å². The molecule has 0 unspecified atom stereocenters. The number of methoxy groups -OCH3 is 1. The van der Waals surface area contributed by atoms with E-state index in [9.17, 15) is 19.2 Å². The highest BCUT2D eigenvalue weighted by Gasteiger charge is 2.52. The molecule has 12 rings (SSSR count). The second-order valence-corrected chi connectivity index (χ2v) is 21.3. The number of anilines is 2. The molecule has 4 fully saturated rings. The summed E-state index contributed by atoms with van der Waals surface area (Å²) < 4.78 is 27.1. The molecule has 0 bridgehead atoms. The van der Waals surface area contributed by atoms with E-state index in [1.807, 2.05) is 58.3 Å². The zero-order chi connectivity index (χ0) is 49.1. The van der Waals surface area contributed by atoms with Crippen LogP contribution >= 0.6 is 22.7 Å². The van der Waals surface area contributed by atoms with Crippen LogP contribution in [0, 0.1) is 10.8 Å². The highest BCUT2D eigenvalue weighted by molar-refractivity contribution is 7.17. The van der Waals surface area contributed by atoms with E-state index >= 15 is 0 Å². The van der Waals surface area contributed by atoms with Crippen molar-refractivity contribution in [2.75, 3.05) is 50.5 Å². The van der Waals surface area contributed by atoms with Crippen LogP contribution < -0.4 is 20.1 Å². The fraction of sp³-hybridized carbons (Fsp3) is 0.308. The van der Waals surface area contributed by atoms with E-state index in [0.717, 1.165) is 59.3 Å². The van der Waals surface area contributed by atoms with Gasteiger partial charge in [0.2, 0.25) is 23.7 Å². The van der Waals surface area contributed by atoms with Crippen LogP contribution in [-0.2, 0) is 9.59 Å². The molecule has 0 atom stereocenters. The highest BCUT2D eigenvalue weighted by Crippen LogP contribution is 2.57. The van der Waals surface area contributed by atoms with Crippen molar-refractivity contribution in [1.29, 1.82) is 0 Å². The number of nitrogens with zero attached hydrogens (tertiary/aromatic N) is 8. The van der Waals surface area contributed by atoms with Crippen LogP contribution in [0.15, 0.2) is 119 Å². The molecule has 2 saturated heterocycles. The predicted octanol–water partition coefficient (Wildman–Crippen LogP) is 9.26. The van der Waals surface area contributed by atoms with Crippen molar-refractivity contribution in [3.8, 4) is 32.8 Å². The number of ether oxygens (including phenoxy) is 2. The number of imidazole rings is 2. The Morgan fingerprint density at radius 3 is 1.74 bits per heavy atom. The highest BCUT2D eigenvalue weighted by atomic mass is 32.1. The summed E-state index contributed by atoms with van der Waals surface area (Å²) in [6.45, 7) is 6.42. The molecule has 0 radical (unpaired) electrons. The molecular weight excluding hydrogens is 957 g/mol. The Hall–Kier alpha value is -7.84. The molecule has 4 aliphatic rings. The van der Waals surface area contributed by atoms with E-state index in [1.165, 1.54) is 41.5 Å². The normalized spacial score (nSPS) is 21.5. The minimum absolute atomic E-state index is 0.00982. The van der Waals surface area contributed by atoms with Gasteiger partial charge in [0, 0.05) is 44.3 Å². The number of oxazole rings is 2. The van der Waals surface area contributed by atoms with Gasteiger partial charge in [0.15, 0.2) is 24.3 Å². The van der Waals surface area contributed by atoms with Gasteiger partial charge in [0.05, 0.1) is 50.0 Å². The van der Waals surface area contributed by atoms with Crippen molar-refractivity contribution in [1.82, 2.24) is 38.9 Å².